The number of para-hydroxylation sites is 2. The molecule has 2 nitrogen and oxygen atoms in total. The molecule has 4 bridgehead atoms. The molecule has 204 valence electrons. The second kappa shape index (κ2) is 8.38. The van der Waals surface area contributed by atoms with E-state index in [-0.39, 0.29) is 5.41 Å². The monoisotopic (exact) mass is 542 g/mol. The van der Waals surface area contributed by atoms with Gasteiger partial charge in [-0.3, -0.25) is 0 Å². The van der Waals surface area contributed by atoms with Crippen LogP contribution in [-0.4, -0.2) is 4.57 Å². The van der Waals surface area contributed by atoms with E-state index in [2.05, 4.69) is 125 Å². The SMILES string of the molecule is c1ccc2c(c1)-c1ccc(Nc3ccc(-n4c5ccccc5c5ccccc54)cc3)cc1C21C2CC3CC(C2)CC1C3. The lowest BCUT2D eigenvalue weighted by Crippen LogP contribution is -2.55. The Morgan fingerprint density at radius 3 is 1.79 bits per heavy atom. The van der Waals surface area contributed by atoms with Crippen LogP contribution in [0.15, 0.2) is 115 Å². The number of aromatic nitrogens is 1. The number of fused-ring (bicyclic) bond motifs is 6. The van der Waals surface area contributed by atoms with Gasteiger partial charge in [0.2, 0.25) is 0 Å². The standard InChI is InChI=1S/C40H34N2/c1-4-10-36-32(7-1)33-18-15-30(24-37(33)40(36)27-20-25-19-26(22-27)23-28(40)21-25)41-29-13-16-31(17-14-29)42-38-11-5-2-8-34(38)35-9-3-6-12-39(35)42/h1-18,24-28,41H,19-23H2. The van der Waals surface area contributed by atoms with Crippen LogP contribution in [0.3, 0.4) is 0 Å². The number of hydrogen-bond acceptors (Lipinski definition) is 1. The van der Waals surface area contributed by atoms with Crippen LogP contribution in [0, 0.1) is 23.7 Å². The Labute approximate surface area is 247 Å². The average Bonchev–Trinajstić information content (AvgIpc) is 3.51. The number of nitrogens with zero attached hydrogens (tertiary/aromatic N) is 1. The Morgan fingerprint density at radius 2 is 1.10 bits per heavy atom. The van der Waals surface area contributed by atoms with E-state index in [1.165, 1.54) is 76.4 Å². The number of nitrogens with one attached hydrogen (secondary N) is 1. The first kappa shape index (κ1) is 23.3. The van der Waals surface area contributed by atoms with Gasteiger partial charge in [0.15, 0.2) is 0 Å². The summed E-state index contributed by atoms with van der Waals surface area (Å²) in [5.41, 5.74) is 12.4. The zero-order valence-corrected chi connectivity index (χ0v) is 23.8. The normalized spacial score (nSPS) is 26.7. The molecule has 11 rings (SSSR count). The maximum absolute atomic E-state index is 3.80. The highest BCUT2D eigenvalue weighted by molar-refractivity contribution is 6.09. The van der Waals surface area contributed by atoms with Crippen molar-refractivity contribution in [2.45, 2.75) is 37.5 Å². The highest BCUT2D eigenvalue weighted by atomic mass is 15.0. The van der Waals surface area contributed by atoms with Crippen molar-refractivity contribution in [3.8, 4) is 16.8 Å². The maximum Gasteiger partial charge on any atom is 0.0541 e. The van der Waals surface area contributed by atoms with Crippen LogP contribution in [0.4, 0.5) is 11.4 Å². The largest absolute Gasteiger partial charge is 0.356 e. The molecule has 5 aliphatic rings. The van der Waals surface area contributed by atoms with Crippen LogP contribution in [-0.2, 0) is 5.41 Å². The predicted molar refractivity (Wildman–Crippen MR) is 174 cm³/mol. The predicted octanol–water partition coefficient (Wildman–Crippen LogP) is 10.2. The fourth-order valence-electron chi connectivity index (χ4n) is 10.3. The van der Waals surface area contributed by atoms with E-state index < -0.39 is 0 Å². The summed E-state index contributed by atoms with van der Waals surface area (Å²) in [4.78, 5) is 0. The van der Waals surface area contributed by atoms with Crippen LogP contribution >= 0.6 is 0 Å². The van der Waals surface area contributed by atoms with Crippen molar-refractivity contribution in [1.29, 1.82) is 0 Å². The first-order chi connectivity index (χ1) is 20.8. The molecule has 5 aliphatic carbocycles. The number of benzene rings is 5. The minimum Gasteiger partial charge on any atom is -0.356 e. The molecule has 2 heteroatoms. The van der Waals surface area contributed by atoms with Gasteiger partial charge in [0.1, 0.15) is 0 Å². The molecule has 1 spiro atoms. The van der Waals surface area contributed by atoms with Gasteiger partial charge in [-0.05, 0) is 127 Å². The van der Waals surface area contributed by atoms with Crippen molar-refractivity contribution in [1.82, 2.24) is 4.57 Å². The summed E-state index contributed by atoms with van der Waals surface area (Å²) in [6, 6.07) is 43.0. The maximum atomic E-state index is 3.80. The fraction of sp³-hybridized carbons (Fsp3) is 0.250. The third-order valence-electron chi connectivity index (χ3n) is 11.5. The molecule has 0 saturated heterocycles. The topological polar surface area (TPSA) is 17.0 Å². The molecule has 0 atom stereocenters. The Kier molecular flexibility index (Phi) is 4.65. The molecule has 1 N–H and O–H groups in total. The van der Waals surface area contributed by atoms with E-state index in [9.17, 15) is 0 Å². The first-order valence-corrected chi connectivity index (χ1v) is 15.9. The summed E-state index contributed by atoms with van der Waals surface area (Å²) in [6.45, 7) is 0. The lowest BCUT2D eigenvalue weighted by atomic mass is 9.43. The minimum atomic E-state index is 0.206. The Hall–Kier alpha value is -4.30. The lowest BCUT2D eigenvalue weighted by molar-refractivity contribution is -0.0399. The van der Waals surface area contributed by atoms with Gasteiger partial charge in [0.25, 0.3) is 0 Å². The molecular formula is C40H34N2. The van der Waals surface area contributed by atoms with Gasteiger partial charge >= 0.3 is 0 Å². The van der Waals surface area contributed by atoms with Crippen LogP contribution < -0.4 is 5.32 Å². The summed E-state index contributed by atoms with van der Waals surface area (Å²) >= 11 is 0. The van der Waals surface area contributed by atoms with Crippen LogP contribution in [0.2, 0.25) is 0 Å². The molecule has 1 heterocycles. The quantitative estimate of drug-likeness (QED) is 0.235. The van der Waals surface area contributed by atoms with Crippen molar-refractivity contribution in [3.05, 3.63) is 126 Å². The molecule has 6 aromatic rings. The molecule has 4 saturated carbocycles. The summed E-state index contributed by atoms with van der Waals surface area (Å²) in [6.07, 6.45) is 7.17. The van der Waals surface area contributed by atoms with Gasteiger partial charge < -0.3 is 9.88 Å². The molecule has 1 aromatic heterocycles. The molecule has 5 aromatic carbocycles. The first-order valence-electron chi connectivity index (χ1n) is 15.9. The number of hydrogen-bond donors (Lipinski definition) is 1. The Bertz CT molecular complexity index is 1950. The average molecular weight is 543 g/mol. The Balaban J connectivity index is 1.04. The van der Waals surface area contributed by atoms with Crippen LogP contribution in [0.5, 0.6) is 0 Å². The van der Waals surface area contributed by atoms with E-state index in [1.807, 2.05) is 0 Å². The highest BCUT2D eigenvalue weighted by Crippen LogP contribution is 2.69. The lowest BCUT2D eigenvalue weighted by Gasteiger charge is -2.61. The third kappa shape index (κ3) is 3.00. The smallest absolute Gasteiger partial charge is 0.0541 e. The van der Waals surface area contributed by atoms with Gasteiger partial charge in [-0.1, -0.05) is 66.7 Å². The van der Waals surface area contributed by atoms with Crippen molar-refractivity contribution in [3.63, 3.8) is 0 Å². The fourth-order valence-corrected chi connectivity index (χ4v) is 10.3. The van der Waals surface area contributed by atoms with Crippen molar-refractivity contribution in [2.24, 2.45) is 23.7 Å². The van der Waals surface area contributed by atoms with Gasteiger partial charge in [-0.2, -0.15) is 0 Å². The van der Waals surface area contributed by atoms with E-state index >= 15 is 0 Å². The molecule has 0 amide bonds. The second-order valence-corrected chi connectivity index (χ2v) is 13.5. The van der Waals surface area contributed by atoms with E-state index in [0.29, 0.717) is 0 Å². The molecule has 0 aliphatic heterocycles. The molecule has 4 fully saturated rings. The minimum absolute atomic E-state index is 0.206. The highest BCUT2D eigenvalue weighted by Gasteiger charge is 2.61. The molecule has 42 heavy (non-hydrogen) atoms. The molecular weight excluding hydrogens is 508 g/mol. The zero-order chi connectivity index (χ0) is 27.4. The van der Waals surface area contributed by atoms with Gasteiger partial charge in [-0.25, -0.2) is 0 Å². The van der Waals surface area contributed by atoms with Gasteiger partial charge in [0, 0.05) is 33.2 Å². The van der Waals surface area contributed by atoms with Crippen LogP contribution in [0.25, 0.3) is 38.6 Å². The van der Waals surface area contributed by atoms with E-state index in [0.717, 1.165) is 29.4 Å². The third-order valence-corrected chi connectivity index (χ3v) is 11.5. The Morgan fingerprint density at radius 1 is 0.524 bits per heavy atom. The van der Waals surface area contributed by atoms with Crippen molar-refractivity contribution >= 4 is 33.2 Å². The second-order valence-electron chi connectivity index (χ2n) is 13.5. The van der Waals surface area contributed by atoms with Crippen LogP contribution in [0.1, 0.15) is 43.2 Å². The molecule has 0 unspecified atom stereocenters. The summed E-state index contributed by atoms with van der Waals surface area (Å²) < 4.78 is 2.39. The number of rotatable bonds is 3. The van der Waals surface area contributed by atoms with E-state index in [1.54, 1.807) is 11.1 Å². The van der Waals surface area contributed by atoms with Gasteiger partial charge in [-0.15, -0.1) is 0 Å². The van der Waals surface area contributed by atoms with E-state index in [4.69, 9.17) is 0 Å². The molecule has 0 radical (unpaired) electrons. The number of anilines is 2. The van der Waals surface area contributed by atoms with Gasteiger partial charge in [0.05, 0.1) is 11.0 Å². The summed E-state index contributed by atoms with van der Waals surface area (Å²) in [5.74, 6) is 3.50. The van der Waals surface area contributed by atoms with Crippen molar-refractivity contribution < 1.29 is 0 Å². The zero-order valence-electron chi connectivity index (χ0n) is 23.8. The summed E-state index contributed by atoms with van der Waals surface area (Å²) in [5, 5.41) is 6.40. The summed E-state index contributed by atoms with van der Waals surface area (Å²) in [7, 11) is 0. The van der Waals surface area contributed by atoms with Crippen molar-refractivity contribution in [2.75, 3.05) is 5.32 Å².